The van der Waals surface area contributed by atoms with Crippen molar-refractivity contribution in [1.82, 2.24) is 5.16 Å². The monoisotopic (exact) mass is 281 g/mol. The van der Waals surface area contributed by atoms with E-state index < -0.39 is 5.97 Å². The quantitative estimate of drug-likeness (QED) is 0.685. The molecule has 0 aliphatic heterocycles. The van der Waals surface area contributed by atoms with Gasteiger partial charge in [0.1, 0.15) is 17.9 Å². The van der Waals surface area contributed by atoms with E-state index in [1.807, 2.05) is 42.5 Å². The topological polar surface area (TPSA) is 52.3 Å². The van der Waals surface area contributed by atoms with Gasteiger partial charge in [0.15, 0.2) is 0 Å². The summed E-state index contributed by atoms with van der Waals surface area (Å²) in [4.78, 5) is 12.1. The summed E-state index contributed by atoms with van der Waals surface area (Å²) in [6.45, 7) is 3.66. The summed E-state index contributed by atoms with van der Waals surface area (Å²) in [5, 5.41) is 5.98. The molecule has 3 rings (SSSR count). The Balaban J connectivity index is 1.83. The van der Waals surface area contributed by atoms with Crippen LogP contribution in [0.15, 0.2) is 47.0 Å². The van der Waals surface area contributed by atoms with Crippen molar-refractivity contribution in [1.29, 1.82) is 0 Å². The highest BCUT2D eigenvalue weighted by molar-refractivity contribution is 5.92. The van der Waals surface area contributed by atoms with E-state index in [4.69, 9.17) is 9.26 Å². The average Bonchev–Trinajstić information content (AvgIpc) is 2.84. The molecular formula is C17H15NO3. The van der Waals surface area contributed by atoms with Gasteiger partial charge < -0.3 is 9.26 Å². The fourth-order valence-corrected chi connectivity index (χ4v) is 2.41. The minimum atomic E-state index is -0.404. The van der Waals surface area contributed by atoms with E-state index in [1.54, 1.807) is 13.8 Å². The lowest BCUT2D eigenvalue weighted by atomic mass is 10.1. The molecule has 0 N–H and O–H groups in total. The molecule has 21 heavy (non-hydrogen) atoms. The van der Waals surface area contributed by atoms with Crippen molar-refractivity contribution in [3.8, 4) is 0 Å². The molecule has 1 aromatic heterocycles. The van der Waals surface area contributed by atoms with Gasteiger partial charge in [-0.25, -0.2) is 4.79 Å². The Morgan fingerprint density at radius 1 is 1.14 bits per heavy atom. The molecule has 0 saturated carbocycles. The number of hydrogen-bond acceptors (Lipinski definition) is 4. The van der Waals surface area contributed by atoms with E-state index in [1.165, 1.54) is 0 Å². The molecular weight excluding hydrogens is 266 g/mol. The van der Waals surface area contributed by atoms with Crippen LogP contribution in [0, 0.1) is 13.8 Å². The summed E-state index contributed by atoms with van der Waals surface area (Å²) in [6, 6.07) is 14.0. The van der Waals surface area contributed by atoms with Crippen LogP contribution < -0.4 is 0 Å². The van der Waals surface area contributed by atoms with Gasteiger partial charge in [0, 0.05) is 0 Å². The first-order chi connectivity index (χ1) is 10.2. The Bertz CT molecular complexity index is 780. The molecule has 0 amide bonds. The Morgan fingerprint density at radius 3 is 2.67 bits per heavy atom. The smallest absolute Gasteiger partial charge is 0.344 e. The fraction of sp³-hybridized carbons (Fsp3) is 0.176. The van der Waals surface area contributed by atoms with E-state index >= 15 is 0 Å². The van der Waals surface area contributed by atoms with Crippen LogP contribution in [0.1, 0.15) is 27.4 Å². The fourth-order valence-electron chi connectivity index (χ4n) is 2.41. The molecule has 0 saturated heterocycles. The van der Waals surface area contributed by atoms with Crippen LogP contribution in [0.3, 0.4) is 0 Å². The normalized spacial score (nSPS) is 10.8. The molecule has 0 aliphatic carbocycles. The number of aromatic nitrogens is 1. The van der Waals surface area contributed by atoms with Gasteiger partial charge in [0.2, 0.25) is 0 Å². The van der Waals surface area contributed by atoms with Crippen LogP contribution in [-0.4, -0.2) is 11.1 Å². The molecule has 2 aromatic carbocycles. The van der Waals surface area contributed by atoms with E-state index in [9.17, 15) is 4.79 Å². The van der Waals surface area contributed by atoms with E-state index in [-0.39, 0.29) is 6.61 Å². The number of carbonyl (C=O) groups is 1. The predicted molar refractivity (Wildman–Crippen MR) is 79.0 cm³/mol. The molecule has 106 valence electrons. The lowest BCUT2D eigenvalue weighted by Gasteiger charge is -2.07. The number of nitrogens with zero attached hydrogens (tertiary/aromatic N) is 1. The molecule has 0 radical (unpaired) electrons. The first kappa shape index (κ1) is 13.4. The number of fused-ring (bicyclic) bond motifs is 1. The van der Waals surface area contributed by atoms with Gasteiger partial charge in [-0.2, -0.15) is 0 Å². The van der Waals surface area contributed by atoms with E-state index in [2.05, 4.69) is 5.16 Å². The highest BCUT2D eigenvalue weighted by atomic mass is 16.5. The molecule has 0 atom stereocenters. The van der Waals surface area contributed by atoms with Crippen LogP contribution >= 0.6 is 0 Å². The van der Waals surface area contributed by atoms with Crippen molar-refractivity contribution in [3.05, 3.63) is 65.0 Å². The Morgan fingerprint density at radius 2 is 1.90 bits per heavy atom. The zero-order valence-electron chi connectivity index (χ0n) is 11.9. The summed E-state index contributed by atoms with van der Waals surface area (Å²) in [5.74, 6) is 0.0783. The number of hydrogen-bond donors (Lipinski definition) is 0. The lowest BCUT2D eigenvalue weighted by Crippen LogP contribution is -2.07. The molecule has 0 spiro atoms. The second-order valence-electron chi connectivity index (χ2n) is 4.91. The van der Waals surface area contributed by atoms with E-state index in [0.717, 1.165) is 16.3 Å². The minimum Gasteiger partial charge on any atom is -0.457 e. The Hall–Kier alpha value is -2.62. The standard InChI is InChI=1S/C17H15NO3/c1-11-16(12(2)21-18-11)17(19)20-10-14-8-5-7-13-6-3-4-9-15(13)14/h3-9H,10H2,1-2H3. The number of aryl methyl sites for hydroxylation is 2. The summed E-state index contributed by atoms with van der Waals surface area (Å²) < 4.78 is 10.4. The maximum Gasteiger partial charge on any atom is 0.344 e. The van der Waals surface area contributed by atoms with Crippen molar-refractivity contribution in [2.24, 2.45) is 0 Å². The molecule has 0 fully saturated rings. The zero-order chi connectivity index (χ0) is 14.8. The summed E-state index contributed by atoms with van der Waals surface area (Å²) >= 11 is 0. The summed E-state index contributed by atoms with van der Waals surface area (Å²) in [5.41, 5.74) is 1.94. The number of rotatable bonds is 3. The van der Waals surface area contributed by atoms with Crippen molar-refractivity contribution in [3.63, 3.8) is 0 Å². The van der Waals surface area contributed by atoms with Crippen molar-refractivity contribution in [2.45, 2.75) is 20.5 Å². The third-order valence-corrected chi connectivity index (χ3v) is 3.48. The minimum absolute atomic E-state index is 0.226. The number of carbonyl (C=O) groups excluding carboxylic acids is 1. The van der Waals surface area contributed by atoms with Gasteiger partial charge in [-0.05, 0) is 30.2 Å². The first-order valence-electron chi connectivity index (χ1n) is 6.73. The number of esters is 1. The highest BCUT2D eigenvalue weighted by Gasteiger charge is 2.19. The third-order valence-electron chi connectivity index (χ3n) is 3.48. The van der Waals surface area contributed by atoms with Crippen LogP contribution in [0.4, 0.5) is 0 Å². The molecule has 0 unspecified atom stereocenters. The van der Waals surface area contributed by atoms with Crippen molar-refractivity contribution >= 4 is 16.7 Å². The average molecular weight is 281 g/mol. The van der Waals surface area contributed by atoms with Gasteiger partial charge in [-0.15, -0.1) is 0 Å². The maximum absolute atomic E-state index is 12.1. The van der Waals surface area contributed by atoms with Gasteiger partial charge in [-0.1, -0.05) is 47.6 Å². The Labute approximate surface area is 122 Å². The van der Waals surface area contributed by atoms with Crippen molar-refractivity contribution < 1.29 is 14.1 Å². The second kappa shape index (κ2) is 5.40. The predicted octanol–water partition coefficient (Wildman–Crippen LogP) is 3.80. The molecule has 0 aliphatic rings. The van der Waals surface area contributed by atoms with Crippen LogP contribution in [0.2, 0.25) is 0 Å². The van der Waals surface area contributed by atoms with Crippen LogP contribution in [-0.2, 0) is 11.3 Å². The van der Waals surface area contributed by atoms with Gasteiger partial charge in [-0.3, -0.25) is 0 Å². The first-order valence-corrected chi connectivity index (χ1v) is 6.73. The molecule has 0 bridgehead atoms. The summed E-state index contributed by atoms with van der Waals surface area (Å²) in [6.07, 6.45) is 0. The molecule has 4 nitrogen and oxygen atoms in total. The molecule has 3 aromatic rings. The largest absolute Gasteiger partial charge is 0.457 e. The SMILES string of the molecule is Cc1noc(C)c1C(=O)OCc1cccc2ccccc12. The van der Waals surface area contributed by atoms with E-state index in [0.29, 0.717) is 17.0 Å². The summed E-state index contributed by atoms with van der Waals surface area (Å²) in [7, 11) is 0. The maximum atomic E-state index is 12.1. The Kier molecular flexibility index (Phi) is 3.44. The van der Waals surface area contributed by atoms with Gasteiger partial charge >= 0.3 is 5.97 Å². The number of ether oxygens (including phenoxy) is 1. The third kappa shape index (κ3) is 2.52. The molecule has 4 heteroatoms. The van der Waals surface area contributed by atoms with Crippen molar-refractivity contribution in [2.75, 3.05) is 0 Å². The van der Waals surface area contributed by atoms with Gasteiger partial charge in [0.25, 0.3) is 0 Å². The number of benzene rings is 2. The molecule has 1 heterocycles. The highest BCUT2D eigenvalue weighted by Crippen LogP contribution is 2.20. The van der Waals surface area contributed by atoms with Crippen LogP contribution in [0.5, 0.6) is 0 Å². The van der Waals surface area contributed by atoms with Crippen LogP contribution in [0.25, 0.3) is 10.8 Å². The van der Waals surface area contributed by atoms with Gasteiger partial charge in [0.05, 0.1) is 5.69 Å². The second-order valence-corrected chi connectivity index (χ2v) is 4.91. The zero-order valence-corrected chi connectivity index (χ0v) is 11.9. The lowest BCUT2D eigenvalue weighted by molar-refractivity contribution is 0.0471.